The Morgan fingerprint density at radius 3 is 2.83 bits per heavy atom. The third-order valence-electron chi connectivity index (χ3n) is 5.29. The average molecular weight is 398 g/mol. The molecule has 0 radical (unpaired) electrons. The van der Waals surface area contributed by atoms with E-state index in [1.165, 1.54) is 4.90 Å². The standard InChI is InChI=1S/C22H26N2O5/c1-15-5-8-20-19(10-15)24(22(26)14-28-20)13-21(25)23(11-17-4-3-9-27-17)12-18-7-6-16(2)29-18/h5-8,10,17H,3-4,9,11-14H2,1-2H3/t17-/m1/s1. The molecule has 0 bridgehead atoms. The van der Waals surface area contributed by atoms with E-state index in [1.807, 2.05) is 44.2 Å². The number of nitrogens with zero attached hydrogens (tertiary/aromatic N) is 2. The lowest BCUT2D eigenvalue weighted by molar-refractivity contribution is -0.134. The summed E-state index contributed by atoms with van der Waals surface area (Å²) < 4.78 is 16.9. The van der Waals surface area contributed by atoms with Gasteiger partial charge < -0.3 is 18.8 Å². The van der Waals surface area contributed by atoms with Crippen LogP contribution in [0.5, 0.6) is 5.75 Å². The van der Waals surface area contributed by atoms with E-state index in [4.69, 9.17) is 13.9 Å². The van der Waals surface area contributed by atoms with Gasteiger partial charge in [0.2, 0.25) is 5.91 Å². The van der Waals surface area contributed by atoms with Gasteiger partial charge in [0.25, 0.3) is 5.91 Å². The molecule has 1 aromatic carbocycles. The van der Waals surface area contributed by atoms with Gasteiger partial charge in [-0.2, -0.15) is 0 Å². The number of amides is 2. The maximum absolute atomic E-state index is 13.2. The number of anilines is 1. The second-order valence-electron chi connectivity index (χ2n) is 7.66. The summed E-state index contributed by atoms with van der Waals surface area (Å²) in [5.74, 6) is 1.78. The maximum atomic E-state index is 13.2. The maximum Gasteiger partial charge on any atom is 0.265 e. The Balaban J connectivity index is 1.54. The molecule has 0 aliphatic carbocycles. The van der Waals surface area contributed by atoms with E-state index >= 15 is 0 Å². The molecule has 0 spiro atoms. The summed E-state index contributed by atoms with van der Waals surface area (Å²) in [5.41, 5.74) is 1.64. The summed E-state index contributed by atoms with van der Waals surface area (Å²) in [6.07, 6.45) is 1.95. The summed E-state index contributed by atoms with van der Waals surface area (Å²) in [7, 11) is 0. The van der Waals surface area contributed by atoms with Crippen LogP contribution in [0.15, 0.2) is 34.7 Å². The molecule has 7 nitrogen and oxygen atoms in total. The molecule has 2 aliphatic heterocycles. The van der Waals surface area contributed by atoms with Crippen molar-refractivity contribution in [3.63, 3.8) is 0 Å². The van der Waals surface area contributed by atoms with Crippen LogP contribution in [0.3, 0.4) is 0 Å². The lowest BCUT2D eigenvalue weighted by Crippen LogP contribution is -2.47. The third-order valence-corrected chi connectivity index (χ3v) is 5.29. The number of furan rings is 1. The quantitative estimate of drug-likeness (QED) is 0.748. The van der Waals surface area contributed by atoms with Crippen molar-refractivity contribution in [2.45, 2.75) is 39.3 Å². The van der Waals surface area contributed by atoms with Gasteiger partial charge in [-0.3, -0.25) is 14.5 Å². The molecule has 1 saturated heterocycles. The first kappa shape index (κ1) is 19.5. The van der Waals surface area contributed by atoms with E-state index in [0.29, 0.717) is 24.5 Å². The van der Waals surface area contributed by atoms with E-state index in [9.17, 15) is 9.59 Å². The highest BCUT2D eigenvalue weighted by Gasteiger charge is 2.30. The zero-order chi connectivity index (χ0) is 20.4. The van der Waals surface area contributed by atoms with Crippen molar-refractivity contribution >= 4 is 17.5 Å². The minimum Gasteiger partial charge on any atom is -0.482 e. The Morgan fingerprint density at radius 1 is 1.24 bits per heavy atom. The molecule has 154 valence electrons. The molecule has 2 aliphatic rings. The van der Waals surface area contributed by atoms with Gasteiger partial charge in [0.15, 0.2) is 6.61 Å². The van der Waals surface area contributed by atoms with Crippen LogP contribution in [0.1, 0.15) is 29.9 Å². The van der Waals surface area contributed by atoms with E-state index in [1.54, 1.807) is 4.90 Å². The monoisotopic (exact) mass is 398 g/mol. The summed E-state index contributed by atoms with van der Waals surface area (Å²) in [6.45, 7) is 5.28. The van der Waals surface area contributed by atoms with Gasteiger partial charge in [-0.25, -0.2) is 0 Å². The van der Waals surface area contributed by atoms with Crippen LogP contribution >= 0.6 is 0 Å². The number of carbonyl (C=O) groups excluding carboxylic acids is 2. The molecule has 4 rings (SSSR count). The lowest BCUT2D eigenvalue weighted by Gasteiger charge is -2.32. The molecule has 7 heteroatoms. The Bertz CT molecular complexity index is 900. The van der Waals surface area contributed by atoms with Gasteiger partial charge in [0, 0.05) is 13.2 Å². The molecule has 0 unspecified atom stereocenters. The fourth-order valence-corrected chi connectivity index (χ4v) is 3.77. The molecule has 0 saturated carbocycles. The highest BCUT2D eigenvalue weighted by molar-refractivity contribution is 6.02. The number of rotatable bonds is 6. The van der Waals surface area contributed by atoms with Crippen molar-refractivity contribution in [3.05, 3.63) is 47.4 Å². The Hall–Kier alpha value is -2.80. The van der Waals surface area contributed by atoms with Gasteiger partial charge in [-0.15, -0.1) is 0 Å². The number of carbonyl (C=O) groups is 2. The fourth-order valence-electron chi connectivity index (χ4n) is 3.77. The molecule has 1 atom stereocenters. The van der Waals surface area contributed by atoms with Crippen LogP contribution in [0.25, 0.3) is 0 Å². The average Bonchev–Trinajstić information content (AvgIpc) is 3.35. The molecule has 1 fully saturated rings. The zero-order valence-corrected chi connectivity index (χ0v) is 16.8. The second-order valence-corrected chi connectivity index (χ2v) is 7.66. The van der Waals surface area contributed by atoms with E-state index in [2.05, 4.69) is 0 Å². The molecular formula is C22H26N2O5. The highest BCUT2D eigenvalue weighted by atomic mass is 16.5. The smallest absolute Gasteiger partial charge is 0.265 e. The molecule has 1 aromatic heterocycles. The summed E-state index contributed by atoms with van der Waals surface area (Å²) in [4.78, 5) is 29.0. The minimum atomic E-state index is -0.220. The van der Waals surface area contributed by atoms with E-state index in [-0.39, 0.29) is 31.1 Å². The molecule has 2 amide bonds. The van der Waals surface area contributed by atoms with Crippen LogP contribution in [0, 0.1) is 13.8 Å². The van der Waals surface area contributed by atoms with Crippen molar-refractivity contribution in [1.82, 2.24) is 4.90 Å². The number of aryl methyl sites for hydroxylation is 2. The van der Waals surface area contributed by atoms with Crippen molar-refractivity contribution in [2.75, 3.05) is 31.2 Å². The summed E-state index contributed by atoms with van der Waals surface area (Å²) in [6, 6.07) is 9.40. The minimum absolute atomic E-state index is 0.0185. The predicted octanol–water partition coefficient (Wildman–Crippen LogP) is 2.83. The largest absolute Gasteiger partial charge is 0.482 e. The van der Waals surface area contributed by atoms with Crippen LogP contribution in [-0.4, -0.2) is 49.1 Å². The van der Waals surface area contributed by atoms with E-state index < -0.39 is 0 Å². The molecule has 29 heavy (non-hydrogen) atoms. The van der Waals surface area contributed by atoms with Crippen LogP contribution in [-0.2, 0) is 20.9 Å². The van der Waals surface area contributed by atoms with Gasteiger partial charge in [-0.05, 0) is 56.5 Å². The second kappa shape index (κ2) is 8.29. The Morgan fingerprint density at radius 2 is 2.10 bits per heavy atom. The van der Waals surface area contributed by atoms with Crippen LogP contribution in [0.4, 0.5) is 5.69 Å². The summed E-state index contributed by atoms with van der Waals surface area (Å²) >= 11 is 0. The summed E-state index contributed by atoms with van der Waals surface area (Å²) in [5, 5.41) is 0. The Labute approximate surface area is 170 Å². The predicted molar refractivity (Wildman–Crippen MR) is 107 cm³/mol. The first-order valence-electron chi connectivity index (χ1n) is 9.98. The highest BCUT2D eigenvalue weighted by Crippen LogP contribution is 2.33. The van der Waals surface area contributed by atoms with Crippen molar-refractivity contribution in [3.8, 4) is 5.75 Å². The van der Waals surface area contributed by atoms with Crippen molar-refractivity contribution in [2.24, 2.45) is 0 Å². The number of fused-ring (bicyclic) bond motifs is 1. The first-order chi connectivity index (χ1) is 14.0. The van der Waals surface area contributed by atoms with Gasteiger partial charge in [0.05, 0.1) is 18.3 Å². The van der Waals surface area contributed by atoms with Crippen molar-refractivity contribution in [1.29, 1.82) is 0 Å². The lowest BCUT2D eigenvalue weighted by atomic mass is 10.1. The molecule has 3 heterocycles. The van der Waals surface area contributed by atoms with Gasteiger partial charge in [-0.1, -0.05) is 6.07 Å². The fraction of sp³-hybridized carbons (Fsp3) is 0.455. The van der Waals surface area contributed by atoms with Crippen LogP contribution < -0.4 is 9.64 Å². The van der Waals surface area contributed by atoms with Crippen LogP contribution in [0.2, 0.25) is 0 Å². The third kappa shape index (κ3) is 4.45. The normalized spacial score (nSPS) is 18.5. The van der Waals surface area contributed by atoms with Crippen molar-refractivity contribution < 1.29 is 23.5 Å². The van der Waals surface area contributed by atoms with Gasteiger partial charge >= 0.3 is 0 Å². The SMILES string of the molecule is Cc1ccc2c(c1)N(CC(=O)N(Cc1ccc(C)o1)C[C@H]1CCCO1)C(=O)CO2. The number of hydrogen-bond acceptors (Lipinski definition) is 5. The molecular weight excluding hydrogens is 372 g/mol. The first-order valence-corrected chi connectivity index (χ1v) is 9.98. The Kier molecular flexibility index (Phi) is 5.58. The molecule has 0 N–H and O–H groups in total. The number of hydrogen-bond donors (Lipinski definition) is 0. The molecule has 2 aromatic rings. The van der Waals surface area contributed by atoms with E-state index in [0.717, 1.165) is 36.5 Å². The topological polar surface area (TPSA) is 72.2 Å². The number of ether oxygens (including phenoxy) is 2. The van der Waals surface area contributed by atoms with Gasteiger partial charge in [0.1, 0.15) is 23.8 Å². The zero-order valence-electron chi connectivity index (χ0n) is 16.8. The number of benzene rings is 1.